The van der Waals surface area contributed by atoms with Gasteiger partial charge >= 0.3 is 6.09 Å². The molecule has 8 heteroatoms. The van der Waals surface area contributed by atoms with Crippen molar-refractivity contribution in [3.8, 4) is 0 Å². The number of ether oxygens (including phenoxy) is 1. The molecule has 1 aromatic rings. The topological polar surface area (TPSA) is 87.7 Å². The summed E-state index contributed by atoms with van der Waals surface area (Å²) in [6.45, 7) is 7.12. The second kappa shape index (κ2) is 8.33. The number of rotatable bonds is 4. The summed E-state index contributed by atoms with van der Waals surface area (Å²) in [5, 5.41) is 3.05. The Morgan fingerprint density at radius 1 is 1.19 bits per heavy atom. The van der Waals surface area contributed by atoms with Gasteiger partial charge in [-0.1, -0.05) is 0 Å². The molecule has 26 heavy (non-hydrogen) atoms. The number of nitrogens with one attached hydrogen (secondary N) is 1. The van der Waals surface area contributed by atoms with Crippen LogP contribution in [0.15, 0.2) is 6.07 Å². The third-order valence-electron chi connectivity index (χ3n) is 4.84. The molecule has 0 saturated carbocycles. The van der Waals surface area contributed by atoms with Gasteiger partial charge in [-0.05, 0) is 39.5 Å². The predicted octanol–water partition coefficient (Wildman–Crippen LogP) is 1.74. The van der Waals surface area contributed by atoms with Gasteiger partial charge in [-0.25, -0.2) is 14.8 Å². The summed E-state index contributed by atoms with van der Waals surface area (Å²) in [4.78, 5) is 37.0. The molecular weight excluding hydrogens is 334 g/mol. The minimum atomic E-state index is -0.279. The molecule has 2 aliphatic heterocycles. The van der Waals surface area contributed by atoms with Crippen LogP contribution in [0, 0.1) is 6.92 Å². The Morgan fingerprint density at radius 2 is 1.88 bits per heavy atom. The molecule has 2 aliphatic rings. The highest BCUT2D eigenvalue weighted by Crippen LogP contribution is 2.19. The number of aromatic nitrogens is 2. The number of hydrogen-bond donors (Lipinski definition) is 1. The lowest BCUT2D eigenvalue weighted by atomic mass is 10.1. The summed E-state index contributed by atoms with van der Waals surface area (Å²) in [5.41, 5.74) is 0.409. The van der Waals surface area contributed by atoms with E-state index in [0.29, 0.717) is 44.1 Å². The smallest absolute Gasteiger partial charge is 0.409 e. The zero-order valence-corrected chi connectivity index (χ0v) is 15.5. The average Bonchev–Trinajstić information content (AvgIpc) is 3.17. The second-order valence-corrected chi connectivity index (χ2v) is 6.79. The highest BCUT2D eigenvalue weighted by Gasteiger charge is 2.25. The zero-order valence-electron chi connectivity index (χ0n) is 15.5. The molecule has 0 bridgehead atoms. The van der Waals surface area contributed by atoms with Crippen LogP contribution in [0.1, 0.15) is 48.9 Å². The Labute approximate surface area is 153 Å². The van der Waals surface area contributed by atoms with Crippen molar-refractivity contribution in [1.82, 2.24) is 20.2 Å². The summed E-state index contributed by atoms with van der Waals surface area (Å²) in [6, 6.07) is 1.82. The first-order valence-electron chi connectivity index (χ1n) is 9.40. The fourth-order valence-corrected chi connectivity index (χ4v) is 3.46. The van der Waals surface area contributed by atoms with Gasteiger partial charge in [-0.15, -0.1) is 0 Å². The fourth-order valence-electron chi connectivity index (χ4n) is 3.46. The first kappa shape index (κ1) is 18.4. The molecular formula is C18H27N5O3. The van der Waals surface area contributed by atoms with Crippen LogP contribution in [0.5, 0.6) is 0 Å². The number of carbonyl (C=O) groups excluding carboxylic acids is 2. The summed E-state index contributed by atoms with van der Waals surface area (Å²) in [7, 11) is 0. The number of likely N-dealkylation sites (tertiary alicyclic amines) is 1. The van der Waals surface area contributed by atoms with E-state index < -0.39 is 0 Å². The molecule has 142 valence electrons. The van der Waals surface area contributed by atoms with E-state index in [-0.39, 0.29) is 18.0 Å². The first-order valence-corrected chi connectivity index (χ1v) is 9.40. The monoisotopic (exact) mass is 361 g/mol. The summed E-state index contributed by atoms with van der Waals surface area (Å²) < 4.78 is 5.02. The number of carbonyl (C=O) groups is 2. The highest BCUT2D eigenvalue weighted by atomic mass is 16.6. The number of piperidine rings is 1. The third kappa shape index (κ3) is 4.42. The Morgan fingerprint density at radius 3 is 2.54 bits per heavy atom. The first-order chi connectivity index (χ1) is 12.6. The van der Waals surface area contributed by atoms with Crippen molar-refractivity contribution in [3.05, 3.63) is 17.6 Å². The van der Waals surface area contributed by atoms with E-state index in [1.165, 1.54) is 0 Å². The molecule has 0 aromatic carbocycles. The Kier molecular flexibility index (Phi) is 5.90. The fraction of sp³-hybridized carbons (Fsp3) is 0.667. The normalized spacial score (nSPS) is 18.1. The summed E-state index contributed by atoms with van der Waals surface area (Å²) in [6.07, 6.45) is 3.47. The quantitative estimate of drug-likeness (QED) is 0.879. The lowest BCUT2D eigenvalue weighted by molar-refractivity contribution is 0.0856. The van der Waals surface area contributed by atoms with Crippen LogP contribution in [0.4, 0.5) is 10.6 Å². The van der Waals surface area contributed by atoms with E-state index in [1.54, 1.807) is 17.9 Å². The number of amides is 2. The Balaban J connectivity index is 1.58. The molecule has 3 heterocycles. The summed E-state index contributed by atoms with van der Waals surface area (Å²) >= 11 is 0. The maximum Gasteiger partial charge on any atom is 0.409 e. The van der Waals surface area contributed by atoms with Crippen LogP contribution >= 0.6 is 0 Å². The van der Waals surface area contributed by atoms with Crippen molar-refractivity contribution in [1.29, 1.82) is 0 Å². The van der Waals surface area contributed by atoms with E-state index >= 15 is 0 Å². The van der Waals surface area contributed by atoms with Crippen molar-refractivity contribution in [2.45, 2.75) is 45.6 Å². The minimum absolute atomic E-state index is 0.0404. The van der Waals surface area contributed by atoms with Gasteiger partial charge in [0.2, 0.25) is 0 Å². The van der Waals surface area contributed by atoms with Crippen LogP contribution in [-0.2, 0) is 4.74 Å². The van der Waals surface area contributed by atoms with Crippen LogP contribution in [0.25, 0.3) is 0 Å². The molecule has 2 saturated heterocycles. The molecule has 0 atom stereocenters. The van der Waals surface area contributed by atoms with Crippen molar-refractivity contribution in [2.75, 3.05) is 37.7 Å². The van der Waals surface area contributed by atoms with Gasteiger partial charge in [0.25, 0.3) is 5.91 Å². The molecule has 8 nitrogen and oxygen atoms in total. The van der Waals surface area contributed by atoms with Gasteiger partial charge in [0.1, 0.15) is 17.3 Å². The minimum Gasteiger partial charge on any atom is -0.450 e. The molecule has 0 aliphatic carbocycles. The molecule has 1 aromatic heterocycles. The van der Waals surface area contributed by atoms with Gasteiger partial charge in [0, 0.05) is 38.3 Å². The van der Waals surface area contributed by atoms with Crippen molar-refractivity contribution in [3.63, 3.8) is 0 Å². The number of anilines is 1. The zero-order chi connectivity index (χ0) is 18.5. The number of hydrogen-bond acceptors (Lipinski definition) is 6. The molecule has 2 fully saturated rings. The number of aryl methyl sites for hydroxylation is 1. The third-order valence-corrected chi connectivity index (χ3v) is 4.84. The molecule has 0 unspecified atom stereocenters. The van der Waals surface area contributed by atoms with E-state index in [1.807, 2.05) is 6.92 Å². The predicted molar refractivity (Wildman–Crippen MR) is 97.3 cm³/mol. The molecule has 0 radical (unpaired) electrons. The maximum atomic E-state index is 12.6. The Bertz CT molecular complexity index is 652. The highest BCUT2D eigenvalue weighted by molar-refractivity contribution is 5.93. The standard InChI is InChI=1S/C18H27N5O3/c1-3-26-18(25)23-10-6-14(7-11-23)21-17(24)15-12-16(20-13(2)19-15)22-8-4-5-9-22/h12,14H,3-11H2,1-2H3,(H,21,24). The van der Waals surface area contributed by atoms with Crippen molar-refractivity contribution < 1.29 is 14.3 Å². The lowest BCUT2D eigenvalue weighted by Gasteiger charge is -2.31. The Hall–Kier alpha value is -2.38. The van der Waals surface area contributed by atoms with Crippen molar-refractivity contribution >= 4 is 17.8 Å². The van der Waals surface area contributed by atoms with Crippen LogP contribution in [0.3, 0.4) is 0 Å². The van der Waals surface area contributed by atoms with Gasteiger partial charge < -0.3 is 19.9 Å². The van der Waals surface area contributed by atoms with Crippen LogP contribution in [0.2, 0.25) is 0 Å². The van der Waals surface area contributed by atoms with Crippen LogP contribution in [-0.4, -0.2) is 65.7 Å². The maximum absolute atomic E-state index is 12.6. The van der Waals surface area contributed by atoms with Crippen molar-refractivity contribution in [2.24, 2.45) is 0 Å². The molecule has 2 amide bonds. The number of nitrogens with zero attached hydrogens (tertiary/aromatic N) is 4. The van der Waals surface area contributed by atoms with Gasteiger partial charge in [-0.3, -0.25) is 4.79 Å². The van der Waals surface area contributed by atoms with Gasteiger partial charge in [0.05, 0.1) is 6.61 Å². The van der Waals surface area contributed by atoms with E-state index in [9.17, 15) is 9.59 Å². The van der Waals surface area contributed by atoms with E-state index in [2.05, 4.69) is 20.2 Å². The largest absolute Gasteiger partial charge is 0.450 e. The van der Waals surface area contributed by atoms with Crippen LogP contribution < -0.4 is 10.2 Å². The molecule has 3 rings (SSSR count). The summed E-state index contributed by atoms with van der Waals surface area (Å²) in [5.74, 6) is 1.26. The van der Waals surface area contributed by atoms with Gasteiger partial charge in [0.15, 0.2) is 0 Å². The lowest BCUT2D eigenvalue weighted by Crippen LogP contribution is -2.46. The molecule has 1 N–H and O–H groups in total. The SMILES string of the molecule is CCOC(=O)N1CCC(NC(=O)c2cc(N3CCCC3)nc(C)n2)CC1. The second-order valence-electron chi connectivity index (χ2n) is 6.79. The van der Waals surface area contributed by atoms with E-state index in [0.717, 1.165) is 31.7 Å². The molecule has 0 spiro atoms. The van der Waals surface area contributed by atoms with E-state index in [4.69, 9.17) is 4.74 Å². The van der Waals surface area contributed by atoms with Gasteiger partial charge in [-0.2, -0.15) is 0 Å². The average molecular weight is 361 g/mol.